The molecule has 0 aliphatic rings. The molecule has 288 valence electrons. The maximum Gasteiger partial charge on any atom is 1.00 e. The van der Waals surface area contributed by atoms with Crippen LogP contribution in [0.1, 0.15) is 31.8 Å². The summed E-state index contributed by atoms with van der Waals surface area (Å²) < 4.78 is 45.5. The number of carbonyl (C=O) groups excluding carboxylic acids is 2. The number of carbonyl (C=O) groups is 2. The van der Waals surface area contributed by atoms with Crippen LogP contribution in [0.4, 0.5) is 0 Å². The molecule has 0 aliphatic heterocycles. The van der Waals surface area contributed by atoms with E-state index in [0.29, 0.717) is 5.56 Å². The monoisotopic (exact) mass is 848 g/mol. The Hall–Kier alpha value is -4.19. The SMILES string of the molecule is Cc1ccc(-n2ccnc2S(=O)CC(=O)c2ccc(O)c(O)c2)cc1.Cc1ccc(-n2ccnc2SCC(=O)c2ccc(O)c(O)c2)cc1.O=S(=O)([O-])OO.[K+]. The smallest absolute Gasteiger partial charge is 0.724 e. The van der Waals surface area contributed by atoms with Gasteiger partial charge in [0.2, 0.25) is 15.6 Å². The van der Waals surface area contributed by atoms with Crippen LogP contribution in [0.15, 0.2) is 120 Å². The number of rotatable bonds is 11. The number of aromatic nitrogens is 4. The van der Waals surface area contributed by atoms with Crippen molar-refractivity contribution in [3.8, 4) is 34.4 Å². The van der Waals surface area contributed by atoms with Crippen LogP contribution >= 0.6 is 11.8 Å². The van der Waals surface area contributed by atoms with Gasteiger partial charge in [0.25, 0.3) is 0 Å². The summed E-state index contributed by atoms with van der Waals surface area (Å²) in [5.41, 5.74) is 4.60. The van der Waals surface area contributed by atoms with Crippen LogP contribution in [0.25, 0.3) is 11.4 Å². The van der Waals surface area contributed by atoms with Gasteiger partial charge < -0.3 is 25.0 Å². The van der Waals surface area contributed by atoms with E-state index >= 15 is 0 Å². The van der Waals surface area contributed by atoms with Crippen molar-refractivity contribution in [1.29, 1.82) is 0 Å². The van der Waals surface area contributed by atoms with E-state index in [-0.39, 0.29) is 96.6 Å². The number of phenols is 4. The van der Waals surface area contributed by atoms with Crippen LogP contribution < -0.4 is 51.4 Å². The predicted octanol–water partition coefficient (Wildman–Crippen LogP) is 2.09. The van der Waals surface area contributed by atoms with Crippen molar-refractivity contribution in [3.63, 3.8) is 0 Å². The number of aromatic hydroxyl groups is 4. The quantitative estimate of drug-likeness (QED) is 0.0183. The molecule has 20 heteroatoms. The molecule has 0 bridgehead atoms. The van der Waals surface area contributed by atoms with Crippen molar-refractivity contribution in [3.05, 3.63) is 132 Å². The third-order valence-electron chi connectivity index (χ3n) is 7.32. The Morgan fingerprint density at radius 2 is 1.18 bits per heavy atom. The Balaban J connectivity index is 0.000000259. The summed E-state index contributed by atoms with van der Waals surface area (Å²) in [4.78, 5) is 32.9. The molecule has 1 unspecified atom stereocenters. The molecule has 0 spiro atoms. The summed E-state index contributed by atoms with van der Waals surface area (Å²) in [6, 6.07) is 23.5. The van der Waals surface area contributed by atoms with Gasteiger partial charge in [-0.1, -0.05) is 47.2 Å². The van der Waals surface area contributed by atoms with E-state index in [9.17, 15) is 34.2 Å². The summed E-state index contributed by atoms with van der Waals surface area (Å²) in [6.07, 6.45) is 6.77. The van der Waals surface area contributed by atoms with Gasteiger partial charge in [-0.05, 0) is 74.5 Å². The number of aryl methyl sites for hydroxylation is 2. The summed E-state index contributed by atoms with van der Waals surface area (Å²) in [6.45, 7) is 4.00. The largest absolute Gasteiger partial charge is 1.00 e. The van der Waals surface area contributed by atoms with E-state index in [2.05, 4.69) is 14.3 Å². The molecule has 0 fully saturated rings. The van der Waals surface area contributed by atoms with E-state index in [4.69, 9.17) is 18.2 Å². The number of hydrogen-bond acceptors (Lipinski definition) is 15. The second kappa shape index (κ2) is 21.4. The average Bonchev–Trinajstić information content (AvgIpc) is 3.84. The van der Waals surface area contributed by atoms with E-state index in [1.165, 1.54) is 53.9 Å². The van der Waals surface area contributed by atoms with Crippen LogP contribution in [0.3, 0.4) is 0 Å². The predicted molar refractivity (Wildman–Crippen MR) is 200 cm³/mol. The molecule has 5 N–H and O–H groups in total. The van der Waals surface area contributed by atoms with Crippen LogP contribution in [0.5, 0.6) is 23.0 Å². The van der Waals surface area contributed by atoms with Crippen molar-refractivity contribution in [2.24, 2.45) is 0 Å². The Kier molecular flexibility index (Phi) is 17.6. The second-order valence-corrected chi connectivity index (χ2v) is 14.6. The van der Waals surface area contributed by atoms with Crippen molar-refractivity contribution in [1.82, 2.24) is 19.1 Å². The number of nitrogens with zero attached hydrogens (tertiary/aromatic N) is 4. The topological polar surface area (TPSA) is 254 Å². The molecule has 2 heterocycles. The Morgan fingerprint density at radius 3 is 1.66 bits per heavy atom. The van der Waals surface area contributed by atoms with E-state index in [0.717, 1.165) is 28.2 Å². The zero-order valence-electron chi connectivity index (χ0n) is 29.9. The number of thioether (sulfide) groups is 1. The molecule has 0 saturated heterocycles. The van der Waals surface area contributed by atoms with E-state index in [1.807, 2.05) is 73.1 Å². The minimum atomic E-state index is -4.86. The Bertz CT molecular complexity index is 2400. The van der Waals surface area contributed by atoms with Gasteiger partial charge in [0, 0.05) is 47.3 Å². The molecule has 2 aromatic heterocycles. The molecule has 0 radical (unpaired) electrons. The third kappa shape index (κ3) is 13.5. The number of ketones is 2. The normalized spacial score (nSPS) is 11.2. The summed E-state index contributed by atoms with van der Waals surface area (Å²) >= 11 is 1.32. The van der Waals surface area contributed by atoms with Gasteiger partial charge in [0.15, 0.2) is 39.7 Å². The molecule has 0 amide bonds. The molecule has 56 heavy (non-hydrogen) atoms. The minimum absolute atomic E-state index is 0. The first-order chi connectivity index (χ1) is 26.1. The summed E-state index contributed by atoms with van der Waals surface area (Å²) in [5, 5.41) is 45.6. The van der Waals surface area contributed by atoms with Crippen LogP contribution in [0, 0.1) is 13.8 Å². The fourth-order valence-electron chi connectivity index (χ4n) is 4.53. The Labute approximate surface area is 370 Å². The van der Waals surface area contributed by atoms with Crippen LogP contribution in [0.2, 0.25) is 0 Å². The van der Waals surface area contributed by atoms with Gasteiger partial charge in [0.05, 0.1) is 22.3 Å². The first-order valence-corrected chi connectivity index (χ1v) is 19.3. The zero-order valence-corrected chi connectivity index (χ0v) is 35.5. The fourth-order valence-corrected chi connectivity index (χ4v) is 6.50. The molecule has 16 nitrogen and oxygen atoms in total. The van der Waals surface area contributed by atoms with Crippen molar-refractivity contribution >= 4 is 44.5 Å². The first kappa shape index (κ1) is 46.2. The van der Waals surface area contributed by atoms with Crippen LogP contribution in [-0.4, -0.2) is 85.0 Å². The summed E-state index contributed by atoms with van der Waals surface area (Å²) in [7, 11) is -6.51. The second-order valence-electron chi connectivity index (χ2n) is 11.3. The van der Waals surface area contributed by atoms with Gasteiger partial charge in [-0.15, -0.1) is 4.33 Å². The van der Waals surface area contributed by atoms with Crippen LogP contribution in [-0.2, 0) is 25.5 Å². The van der Waals surface area contributed by atoms with Gasteiger partial charge in [0.1, 0.15) is 0 Å². The van der Waals surface area contributed by atoms with Gasteiger partial charge in [-0.2, -0.15) is 0 Å². The van der Waals surface area contributed by atoms with E-state index < -0.39 is 32.7 Å². The molecule has 0 saturated carbocycles. The standard InChI is InChI=1S/C18H16N2O4S.C18H16N2O3S.K.H2O5S/c1-12-2-5-14(6-3-12)20-9-8-19-18(20)25(24)11-17(23)13-4-7-15(21)16(22)10-13;1-12-2-5-14(6-3-12)20-9-8-19-18(20)24-11-17(23)13-4-7-15(21)16(22)10-13;;1-5-6(2,3)4/h2-10,21-22H,11H2,1H3;2-10,21-22H,11H2,1H3;;1H,(H,2,3,4)/q;;+1;/p-1. The van der Waals surface area contributed by atoms with Gasteiger partial charge in [-0.3, -0.25) is 22.9 Å². The molecular weight excluding hydrogens is 816 g/mol. The maximum absolute atomic E-state index is 12.6. The first-order valence-electron chi connectivity index (χ1n) is 15.7. The summed E-state index contributed by atoms with van der Waals surface area (Å²) in [5.74, 6) is -1.88. The minimum Gasteiger partial charge on any atom is -0.724 e. The Morgan fingerprint density at radius 1 is 0.732 bits per heavy atom. The number of phenolic OH excluding ortho intramolecular Hbond substituents is 4. The van der Waals surface area contributed by atoms with Gasteiger partial charge in [-0.25, -0.2) is 23.6 Å². The number of hydrogen-bond donors (Lipinski definition) is 5. The fraction of sp³-hybridized carbons (Fsp3) is 0.111. The maximum atomic E-state index is 12.6. The zero-order chi connectivity index (χ0) is 40.3. The van der Waals surface area contributed by atoms with Crippen molar-refractivity contribution < 1.29 is 108 Å². The van der Waals surface area contributed by atoms with Crippen molar-refractivity contribution in [2.75, 3.05) is 11.5 Å². The van der Waals surface area contributed by atoms with E-state index in [1.54, 1.807) is 17.0 Å². The molecule has 0 aliphatic carbocycles. The molecule has 4 aromatic carbocycles. The number of benzene rings is 4. The van der Waals surface area contributed by atoms with Gasteiger partial charge >= 0.3 is 51.4 Å². The van der Waals surface area contributed by atoms with Crippen molar-refractivity contribution in [2.45, 2.75) is 24.2 Å². The average molecular weight is 849 g/mol. The number of Topliss-reactive ketones (excluding diaryl/α,β-unsaturated/α-hetero) is 2. The molecule has 6 rings (SSSR count). The number of imidazole rings is 2. The molecule has 1 atom stereocenters. The third-order valence-corrected chi connectivity index (χ3v) is 9.71. The molecular formula is C36H33KN4O12S3. The molecule has 6 aromatic rings.